The van der Waals surface area contributed by atoms with E-state index in [2.05, 4.69) is 0 Å². The first-order valence-electron chi connectivity index (χ1n) is 5.63. The highest BCUT2D eigenvalue weighted by atomic mass is 16.5. The van der Waals surface area contributed by atoms with E-state index >= 15 is 0 Å². The molecule has 0 aliphatic carbocycles. The van der Waals surface area contributed by atoms with Gasteiger partial charge < -0.3 is 19.6 Å². The van der Waals surface area contributed by atoms with E-state index in [1.165, 1.54) is 18.9 Å². The summed E-state index contributed by atoms with van der Waals surface area (Å²) in [5, 5.41) is 8.87. The molecule has 1 aliphatic heterocycles. The Balaban J connectivity index is 2.66. The van der Waals surface area contributed by atoms with E-state index in [1.54, 1.807) is 4.90 Å². The second-order valence-electron chi connectivity index (χ2n) is 4.94. The lowest BCUT2D eigenvalue weighted by Crippen LogP contribution is -2.55. The fourth-order valence-electron chi connectivity index (χ4n) is 1.73. The summed E-state index contributed by atoms with van der Waals surface area (Å²) in [6.45, 7) is 6.77. The summed E-state index contributed by atoms with van der Waals surface area (Å²) in [6, 6.07) is -1.09. The lowest BCUT2D eigenvalue weighted by Gasteiger charge is -2.40. The van der Waals surface area contributed by atoms with Gasteiger partial charge in [0, 0.05) is 13.6 Å². The van der Waals surface area contributed by atoms with Crippen LogP contribution in [0.1, 0.15) is 20.8 Å². The Labute approximate surface area is 101 Å². The van der Waals surface area contributed by atoms with Crippen molar-refractivity contribution < 1.29 is 19.4 Å². The normalized spacial score (nSPS) is 20.8. The second-order valence-corrected chi connectivity index (χ2v) is 4.94. The van der Waals surface area contributed by atoms with Gasteiger partial charge in [0.25, 0.3) is 0 Å². The van der Waals surface area contributed by atoms with Crippen molar-refractivity contribution >= 4 is 12.0 Å². The number of urea groups is 1. The number of nitrogens with zero attached hydrogens (tertiary/aromatic N) is 2. The molecule has 6 nitrogen and oxygen atoms in total. The number of rotatable bonds is 2. The predicted molar refractivity (Wildman–Crippen MR) is 61.9 cm³/mol. The molecule has 17 heavy (non-hydrogen) atoms. The first kappa shape index (κ1) is 13.8. The van der Waals surface area contributed by atoms with Crippen LogP contribution in [0, 0.1) is 0 Å². The van der Waals surface area contributed by atoms with Crippen LogP contribution in [0.25, 0.3) is 0 Å². The third-order valence-corrected chi connectivity index (χ3v) is 2.94. The summed E-state index contributed by atoms with van der Waals surface area (Å²) in [4.78, 5) is 25.8. The molecule has 1 atom stereocenters. The minimum Gasteiger partial charge on any atom is -0.480 e. The van der Waals surface area contributed by atoms with Gasteiger partial charge in [-0.25, -0.2) is 9.59 Å². The Morgan fingerprint density at radius 2 is 2.06 bits per heavy atom. The number of hydrogen-bond acceptors (Lipinski definition) is 3. The van der Waals surface area contributed by atoms with E-state index in [-0.39, 0.29) is 11.6 Å². The number of likely N-dealkylation sites (N-methyl/N-ethyl adjacent to an activating group) is 1. The van der Waals surface area contributed by atoms with E-state index < -0.39 is 12.0 Å². The van der Waals surface area contributed by atoms with Gasteiger partial charge in [0.2, 0.25) is 0 Å². The molecule has 1 N–H and O–H groups in total. The molecular weight excluding hydrogens is 224 g/mol. The monoisotopic (exact) mass is 244 g/mol. The van der Waals surface area contributed by atoms with Crippen molar-refractivity contribution in [3.63, 3.8) is 0 Å². The fraction of sp³-hybridized carbons (Fsp3) is 0.818. The molecule has 0 spiro atoms. The molecule has 6 heteroatoms. The SMILES string of the molecule is CC(C(=O)O)N(C)C(=O)N1CCOC(C)(C)C1. The summed E-state index contributed by atoms with van der Waals surface area (Å²) in [6.07, 6.45) is 0. The van der Waals surface area contributed by atoms with E-state index in [9.17, 15) is 9.59 Å². The first-order valence-corrected chi connectivity index (χ1v) is 5.63. The zero-order valence-electron chi connectivity index (χ0n) is 10.8. The molecule has 1 fully saturated rings. The number of carbonyl (C=O) groups excluding carboxylic acids is 1. The average Bonchev–Trinajstić information content (AvgIpc) is 2.24. The van der Waals surface area contributed by atoms with E-state index in [0.29, 0.717) is 19.7 Å². The lowest BCUT2D eigenvalue weighted by atomic mass is 10.1. The zero-order chi connectivity index (χ0) is 13.2. The molecule has 1 saturated heterocycles. The maximum absolute atomic E-state index is 12.1. The van der Waals surface area contributed by atoms with E-state index in [4.69, 9.17) is 9.84 Å². The third kappa shape index (κ3) is 3.33. The molecule has 0 bridgehead atoms. The number of ether oxygens (including phenoxy) is 1. The standard InChI is InChI=1S/C11H20N2O4/c1-8(9(14)15)12(4)10(16)13-5-6-17-11(2,3)7-13/h8H,5-7H2,1-4H3,(H,14,15). The van der Waals surface area contributed by atoms with Crippen LogP contribution in [0.5, 0.6) is 0 Å². The highest BCUT2D eigenvalue weighted by Gasteiger charge is 2.33. The quantitative estimate of drug-likeness (QED) is 0.773. The van der Waals surface area contributed by atoms with Crippen molar-refractivity contribution in [3.8, 4) is 0 Å². The van der Waals surface area contributed by atoms with Crippen LogP contribution < -0.4 is 0 Å². The molecule has 0 saturated carbocycles. The van der Waals surface area contributed by atoms with Crippen LogP contribution in [0.3, 0.4) is 0 Å². The minimum absolute atomic E-state index is 0.267. The molecule has 1 aliphatic rings. The summed E-state index contributed by atoms with van der Waals surface area (Å²) in [5.74, 6) is -1.01. The zero-order valence-corrected chi connectivity index (χ0v) is 10.8. The first-order chi connectivity index (χ1) is 7.74. The van der Waals surface area contributed by atoms with Gasteiger partial charge in [-0.2, -0.15) is 0 Å². The molecule has 1 unspecified atom stereocenters. The smallest absolute Gasteiger partial charge is 0.326 e. The summed E-state index contributed by atoms with van der Waals surface area (Å²) >= 11 is 0. The van der Waals surface area contributed by atoms with Gasteiger partial charge in [0.15, 0.2) is 0 Å². The van der Waals surface area contributed by atoms with Gasteiger partial charge in [0.1, 0.15) is 6.04 Å². The number of carboxylic acid groups (broad SMARTS) is 1. The maximum atomic E-state index is 12.1. The highest BCUT2D eigenvalue weighted by molar-refractivity contribution is 5.82. The molecule has 0 aromatic rings. The number of amides is 2. The topological polar surface area (TPSA) is 70.1 Å². The van der Waals surface area contributed by atoms with Crippen molar-refractivity contribution in [2.24, 2.45) is 0 Å². The lowest BCUT2D eigenvalue weighted by molar-refractivity contribution is -0.141. The van der Waals surface area contributed by atoms with Crippen LogP contribution in [-0.2, 0) is 9.53 Å². The fourth-order valence-corrected chi connectivity index (χ4v) is 1.73. The summed E-state index contributed by atoms with van der Waals surface area (Å²) in [7, 11) is 1.50. The van der Waals surface area contributed by atoms with Crippen LogP contribution in [0.15, 0.2) is 0 Å². The molecule has 0 radical (unpaired) electrons. The average molecular weight is 244 g/mol. The van der Waals surface area contributed by atoms with Crippen molar-refractivity contribution in [2.45, 2.75) is 32.4 Å². The molecular formula is C11H20N2O4. The molecule has 0 aromatic heterocycles. The molecule has 2 amide bonds. The van der Waals surface area contributed by atoms with Crippen molar-refractivity contribution in [2.75, 3.05) is 26.7 Å². The summed E-state index contributed by atoms with van der Waals surface area (Å²) in [5.41, 5.74) is -0.374. The summed E-state index contributed by atoms with van der Waals surface area (Å²) < 4.78 is 5.50. The third-order valence-electron chi connectivity index (χ3n) is 2.94. The van der Waals surface area contributed by atoms with Gasteiger partial charge in [-0.05, 0) is 20.8 Å². The van der Waals surface area contributed by atoms with Gasteiger partial charge in [-0.1, -0.05) is 0 Å². The molecule has 1 heterocycles. The second kappa shape index (κ2) is 4.91. The number of morpholine rings is 1. The van der Waals surface area contributed by atoms with Gasteiger partial charge in [-0.15, -0.1) is 0 Å². The van der Waals surface area contributed by atoms with Gasteiger partial charge in [-0.3, -0.25) is 0 Å². The van der Waals surface area contributed by atoms with Gasteiger partial charge in [0.05, 0.1) is 18.8 Å². The number of aliphatic carboxylic acids is 1. The van der Waals surface area contributed by atoms with Crippen LogP contribution in [0.4, 0.5) is 4.79 Å². The molecule has 98 valence electrons. The predicted octanol–water partition coefficient (Wildman–Crippen LogP) is 0.622. The Morgan fingerprint density at radius 3 is 2.53 bits per heavy atom. The van der Waals surface area contributed by atoms with Crippen LogP contribution >= 0.6 is 0 Å². The van der Waals surface area contributed by atoms with E-state index in [1.807, 2.05) is 13.8 Å². The minimum atomic E-state index is -1.01. The van der Waals surface area contributed by atoms with Crippen LogP contribution in [0.2, 0.25) is 0 Å². The number of hydrogen-bond donors (Lipinski definition) is 1. The number of carbonyl (C=O) groups is 2. The van der Waals surface area contributed by atoms with E-state index in [0.717, 1.165) is 0 Å². The van der Waals surface area contributed by atoms with Crippen molar-refractivity contribution in [3.05, 3.63) is 0 Å². The number of carboxylic acids is 1. The molecule has 0 aromatic carbocycles. The Morgan fingerprint density at radius 1 is 1.47 bits per heavy atom. The Hall–Kier alpha value is -1.30. The van der Waals surface area contributed by atoms with Crippen molar-refractivity contribution in [1.29, 1.82) is 0 Å². The highest BCUT2D eigenvalue weighted by Crippen LogP contribution is 2.17. The van der Waals surface area contributed by atoms with Gasteiger partial charge >= 0.3 is 12.0 Å². The Kier molecular flexibility index (Phi) is 3.98. The van der Waals surface area contributed by atoms with Crippen molar-refractivity contribution in [1.82, 2.24) is 9.80 Å². The molecule has 1 rings (SSSR count). The maximum Gasteiger partial charge on any atom is 0.326 e. The largest absolute Gasteiger partial charge is 0.480 e. The van der Waals surface area contributed by atoms with Crippen LogP contribution in [-0.4, -0.2) is 65.3 Å². The Bertz CT molecular complexity index is 317.